The van der Waals surface area contributed by atoms with Crippen LogP contribution in [0.5, 0.6) is 0 Å². The summed E-state index contributed by atoms with van der Waals surface area (Å²) >= 11 is 5.69. The van der Waals surface area contributed by atoms with Crippen LogP contribution in [-0.4, -0.2) is 4.98 Å². The molecule has 17 heavy (non-hydrogen) atoms. The normalized spacial score (nSPS) is 9.65. The van der Waals surface area contributed by atoms with Crippen LogP contribution in [0.2, 0.25) is 5.15 Å². The van der Waals surface area contributed by atoms with Crippen molar-refractivity contribution in [3.8, 4) is 6.07 Å². The summed E-state index contributed by atoms with van der Waals surface area (Å²) < 4.78 is 0. The zero-order valence-electron chi connectivity index (χ0n) is 9.02. The quantitative estimate of drug-likeness (QED) is 0.842. The first-order valence-electron chi connectivity index (χ1n) is 5.12. The number of pyridine rings is 1. The molecule has 1 aromatic carbocycles. The van der Waals surface area contributed by atoms with Crippen LogP contribution in [-0.2, 0) is 6.54 Å². The van der Waals surface area contributed by atoms with Gasteiger partial charge in [0.2, 0.25) is 0 Å². The molecule has 0 fully saturated rings. The number of nitrogens with one attached hydrogen (secondary N) is 1. The summed E-state index contributed by atoms with van der Waals surface area (Å²) in [6.07, 6.45) is 1.69. The molecule has 0 atom stereocenters. The topological polar surface area (TPSA) is 48.7 Å². The highest BCUT2D eigenvalue weighted by Crippen LogP contribution is 2.11. The molecule has 0 unspecified atom stereocenters. The molecule has 0 saturated heterocycles. The van der Waals surface area contributed by atoms with Gasteiger partial charge in [0.15, 0.2) is 0 Å². The molecule has 2 rings (SSSR count). The van der Waals surface area contributed by atoms with E-state index in [0.717, 1.165) is 11.3 Å². The van der Waals surface area contributed by atoms with E-state index in [4.69, 9.17) is 16.9 Å². The number of hydrogen-bond acceptors (Lipinski definition) is 3. The molecule has 84 valence electrons. The number of aromatic nitrogens is 1. The van der Waals surface area contributed by atoms with Crippen molar-refractivity contribution in [1.29, 1.82) is 5.26 Å². The lowest BCUT2D eigenvalue weighted by atomic mass is 10.1. The molecule has 0 bridgehead atoms. The van der Waals surface area contributed by atoms with Gasteiger partial charge in [-0.3, -0.25) is 0 Å². The number of nitrogens with zero attached hydrogens (tertiary/aromatic N) is 2. The van der Waals surface area contributed by atoms with E-state index in [1.165, 1.54) is 0 Å². The van der Waals surface area contributed by atoms with Gasteiger partial charge in [-0.05, 0) is 29.8 Å². The number of anilines is 1. The maximum atomic E-state index is 8.68. The van der Waals surface area contributed by atoms with Gasteiger partial charge in [0.05, 0.1) is 23.5 Å². The molecule has 0 amide bonds. The van der Waals surface area contributed by atoms with Crippen LogP contribution in [0.25, 0.3) is 0 Å². The predicted octanol–water partition coefficient (Wildman–Crippen LogP) is 3.22. The van der Waals surface area contributed by atoms with E-state index in [9.17, 15) is 0 Å². The molecule has 0 radical (unpaired) electrons. The van der Waals surface area contributed by atoms with Crippen LogP contribution < -0.4 is 5.32 Å². The summed E-state index contributed by atoms with van der Waals surface area (Å²) in [4.78, 5) is 3.98. The second-order valence-electron chi connectivity index (χ2n) is 3.53. The van der Waals surface area contributed by atoms with E-state index < -0.39 is 0 Å². The molecule has 1 heterocycles. The van der Waals surface area contributed by atoms with E-state index in [0.29, 0.717) is 17.3 Å². The summed E-state index contributed by atoms with van der Waals surface area (Å²) in [6.45, 7) is 0.690. The fraction of sp³-hybridized carbons (Fsp3) is 0.0769. The molecule has 1 N–H and O–H groups in total. The Morgan fingerprint density at radius 3 is 2.53 bits per heavy atom. The van der Waals surface area contributed by atoms with Crippen LogP contribution in [0.4, 0.5) is 5.69 Å². The number of benzene rings is 1. The molecule has 0 aliphatic rings. The van der Waals surface area contributed by atoms with E-state index in [2.05, 4.69) is 16.4 Å². The van der Waals surface area contributed by atoms with Gasteiger partial charge >= 0.3 is 0 Å². The van der Waals surface area contributed by atoms with Gasteiger partial charge < -0.3 is 5.32 Å². The maximum Gasteiger partial charge on any atom is 0.129 e. The third kappa shape index (κ3) is 3.20. The van der Waals surface area contributed by atoms with E-state index >= 15 is 0 Å². The molecule has 4 heteroatoms. The minimum absolute atomic E-state index is 0.480. The fourth-order valence-electron chi connectivity index (χ4n) is 1.38. The lowest BCUT2D eigenvalue weighted by Crippen LogP contribution is -1.99. The maximum absolute atomic E-state index is 8.68. The Morgan fingerprint density at radius 2 is 1.94 bits per heavy atom. The number of rotatable bonds is 3. The smallest absolute Gasteiger partial charge is 0.129 e. The predicted molar refractivity (Wildman–Crippen MR) is 67.7 cm³/mol. The summed E-state index contributed by atoms with van der Waals surface area (Å²) in [6, 6.07) is 13.2. The van der Waals surface area contributed by atoms with Crippen molar-refractivity contribution in [1.82, 2.24) is 4.98 Å². The van der Waals surface area contributed by atoms with Crippen molar-refractivity contribution in [2.24, 2.45) is 0 Å². The average Bonchev–Trinajstić information content (AvgIpc) is 2.39. The zero-order valence-corrected chi connectivity index (χ0v) is 9.78. The first kappa shape index (κ1) is 11.4. The van der Waals surface area contributed by atoms with Gasteiger partial charge in [0, 0.05) is 6.54 Å². The van der Waals surface area contributed by atoms with Crippen molar-refractivity contribution in [3.05, 3.63) is 58.9 Å². The van der Waals surface area contributed by atoms with Crippen molar-refractivity contribution in [3.63, 3.8) is 0 Å². The summed E-state index contributed by atoms with van der Waals surface area (Å²) in [7, 11) is 0. The second kappa shape index (κ2) is 5.33. The number of hydrogen-bond donors (Lipinski definition) is 1. The number of nitriles is 1. The standard InChI is InChI=1S/C13H10ClN3/c14-13-6-5-12(9-17-13)16-8-11-3-1-10(7-15)2-4-11/h1-6,9,16H,8H2. The molecular formula is C13H10ClN3. The average molecular weight is 244 g/mol. The molecule has 0 aliphatic heterocycles. The van der Waals surface area contributed by atoms with Crippen molar-refractivity contribution in [2.75, 3.05) is 5.32 Å². The molecule has 0 spiro atoms. The molecule has 3 nitrogen and oxygen atoms in total. The van der Waals surface area contributed by atoms with Crippen molar-refractivity contribution >= 4 is 17.3 Å². The highest BCUT2D eigenvalue weighted by Gasteiger charge is 1.96. The Balaban J connectivity index is 1.98. The Bertz CT molecular complexity index is 526. The lowest BCUT2D eigenvalue weighted by molar-refractivity contribution is 1.14. The molecule has 0 aliphatic carbocycles. The van der Waals surface area contributed by atoms with Crippen molar-refractivity contribution < 1.29 is 0 Å². The highest BCUT2D eigenvalue weighted by molar-refractivity contribution is 6.29. The zero-order chi connectivity index (χ0) is 12.1. The third-order valence-electron chi connectivity index (χ3n) is 2.31. The van der Waals surface area contributed by atoms with Gasteiger partial charge in [0.25, 0.3) is 0 Å². The minimum atomic E-state index is 0.480. The van der Waals surface area contributed by atoms with Gasteiger partial charge in [-0.25, -0.2) is 4.98 Å². The van der Waals surface area contributed by atoms with Crippen LogP contribution in [0.3, 0.4) is 0 Å². The Hall–Kier alpha value is -2.05. The van der Waals surface area contributed by atoms with E-state index in [-0.39, 0.29) is 0 Å². The third-order valence-corrected chi connectivity index (χ3v) is 2.53. The summed E-state index contributed by atoms with van der Waals surface area (Å²) in [5.41, 5.74) is 2.69. The Morgan fingerprint density at radius 1 is 1.18 bits per heavy atom. The van der Waals surface area contributed by atoms with Crippen molar-refractivity contribution in [2.45, 2.75) is 6.54 Å². The van der Waals surface area contributed by atoms with E-state index in [1.54, 1.807) is 24.4 Å². The van der Waals surface area contributed by atoms with Crippen LogP contribution in [0.15, 0.2) is 42.6 Å². The molecular weight excluding hydrogens is 234 g/mol. The fourth-order valence-corrected chi connectivity index (χ4v) is 1.49. The largest absolute Gasteiger partial charge is 0.380 e. The van der Waals surface area contributed by atoms with Crippen LogP contribution in [0, 0.1) is 11.3 Å². The Labute approximate surface area is 105 Å². The monoisotopic (exact) mass is 243 g/mol. The highest BCUT2D eigenvalue weighted by atomic mass is 35.5. The lowest BCUT2D eigenvalue weighted by Gasteiger charge is -2.05. The second-order valence-corrected chi connectivity index (χ2v) is 3.92. The van der Waals surface area contributed by atoms with Crippen LogP contribution >= 0.6 is 11.6 Å². The van der Waals surface area contributed by atoms with Gasteiger partial charge in [-0.15, -0.1) is 0 Å². The molecule has 1 aromatic heterocycles. The molecule has 0 saturated carbocycles. The van der Waals surface area contributed by atoms with Gasteiger partial charge in [-0.1, -0.05) is 23.7 Å². The van der Waals surface area contributed by atoms with Crippen LogP contribution in [0.1, 0.15) is 11.1 Å². The first-order valence-corrected chi connectivity index (χ1v) is 5.50. The summed E-state index contributed by atoms with van der Waals surface area (Å²) in [5.74, 6) is 0. The number of halogens is 1. The molecule has 2 aromatic rings. The summed E-state index contributed by atoms with van der Waals surface area (Å²) in [5, 5.41) is 12.4. The van der Waals surface area contributed by atoms with Gasteiger partial charge in [-0.2, -0.15) is 5.26 Å². The van der Waals surface area contributed by atoms with Gasteiger partial charge in [0.1, 0.15) is 5.15 Å². The minimum Gasteiger partial charge on any atom is -0.380 e. The SMILES string of the molecule is N#Cc1ccc(CNc2ccc(Cl)nc2)cc1. The Kier molecular flexibility index (Phi) is 3.59. The van der Waals surface area contributed by atoms with E-state index in [1.807, 2.05) is 18.2 Å². The first-order chi connectivity index (χ1) is 8.28.